The van der Waals surface area contributed by atoms with Crippen LogP contribution in [0.25, 0.3) is 16.9 Å². The smallest absolute Gasteiger partial charge is 0.298 e. The fourth-order valence-corrected chi connectivity index (χ4v) is 4.93. The molecule has 37 heavy (non-hydrogen) atoms. The van der Waals surface area contributed by atoms with Crippen LogP contribution in [0, 0.1) is 17.7 Å². The van der Waals surface area contributed by atoms with Crippen molar-refractivity contribution in [3.05, 3.63) is 65.9 Å². The number of imidazole rings is 1. The molecule has 1 aliphatic carbocycles. The molecule has 2 fully saturated rings. The summed E-state index contributed by atoms with van der Waals surface area (Å²) in [6, 6.07) is 10.4. The molecule has 3 aromatic heterocycles. The Kier molecular flexibility index (Phi) is 5.72. The van der Waals surface area contributed by atoms with Gasteiger partial charge in [0.25, 0.3) is 5.91 Å². The molecule has 0 radical (unpaired) electrons. The average Bonchev–Trinajstić information content (AvgIpc) is 3.50. The van der Waals surface area contributed by atoms with Crippen molar-refractivity contribution in [2.24, 2.45) is 0 Å². The van der Waals surface area contributed by atoms with Crippen molar-refractivity contribution < 1.29 is 13.9 Å². The van der Waals surface area contributed by atoms with E-state index in [0.29, 0.717) is 36.5 Å². The number of anilines is 1. The second-order valence-electron chi connectivity index (χ2n) is 9.40. The monoisotopic (exact) mass is 496 g/mol. The van der Waals surface area contributed by atoms with Crippen molar-refractivity contribution in [3.8, 4) is 34.9 Å². The zero-order valence-corrected chi connectivity index (χ0v) is 20.3. The maximum absolute atomic E-state index is 15.5. The van der Waals surface area contributed by atoms with Gasteiger partial charge in [-0.05, 0) is 67.9 Å². The zero-order chi connectivity index (χ0) is 25.5. The minimum atomic E-state index is -0.501. The van der Waals surface area contributed by atoms with E-state index >= 15 is 4.39 Å². The highest BCUT2D eigenvalue weighted by atomic mass is 19.1. The van der Waals surface area contributed by atoms with E-state index < -0.39 is 5.82 Å². The number of hydrogen-bond donors (Lipinski definition) is 1. The number of carbonyl (C=O) groups is 1. The normalized spacial score (nSPS) is 17.0. The molecule has 186 valence electrons. The molecule has 8 nitrogen and oxygen atoms in total. The van der Waals surface area contributed by atoms with Gasteiger partial charge in [0, 0.05) is 43.5 Å². The Morgan fingerprint density at radius 3 is 2.73 bits per heavy atom. The van der Waals surface area contributed by atoms with Crippen LogP contribution in [-0.2, 0) is 4.79 Å². The Morgan fingerprint density at radius 1 is 1.11 bits per heavy atom. The van der Waals surface area contributed by atoms with Gasteiger partial charge in [0.1, 0.15) is 11.6 Å². The van der Waals surface area contributed by atoms with Gasteiger partial charge in [-0.15, -0.1) is 0 Å². The van der Waals surface area contributed by atoms with E-state index in [-0.39, 0.29) is 23.3 Å². The Hall–Kier alpha value is -4.45. The molecule has 4 aromatic rings. The molecule has 1 aliphatic heterocycles. The standard InChI is InChI=1S/C28H25FN6O2/c1-2-3-25(36)34-13-10-19(16-34)26-23-9-12-32-28(30)35(23)27(33-26)21-7-6-20(15-22(21)29)37-24-14-18(8-11-31-24)17-4-5-17/h6-9,11-12,14-15,17,19H,4-5,10,13,16H2,1H3,(H2,30,32). The summed E-state index contributed by atoms with van der Waals surface area (Å²) >= 11 is 0. The van der Waals surface area contributed by atoms with Crippen LogP contribution in [0.1, 0.15) is 49.3 Å². The largest absolute Gasteiger partial charge is 0.439 e. The van der Waals surface area contributed by atoms with Crippen LogP contribution >= 0.6 is 0 Å². The average molecular weight is 497 g/mol. The number of fused-ring (bicyclic) bond motifs is 1. The molecule has 1 saturated heterocycles. The topological polar surface area (TPSA) is 98.6 Å². The summed E-state index contributed by atoms with van der Waals surface area (Å²) < 4.78 is 23.0. The van der Waals surface area contributed by atoms with Crippen LogP contribution in [-0.4, -0.2) is 43.2 Å². The first-order valence-corrected chi connectivity index (χ1v) is 12.3. The van der Waals surface area contributed by atoms with Crippen molar-refractivity contribution in [2.75, 3.05) is 18.8 Å². The number of likely N-dealkylation sites (tertiary alicyclic amines) is 1. The fraction of sp³-hybridized carbons (Fsp3) is 0.286. The molecule has 1 atom stereocenters. The van der Waals surface area contributed by atoms with Gasteiger partial charge in [0.2, 0.25) is 11.8 Å². The second kappa shape index (κ2) is 9.21. The summed E-state index contributed by atoms with van der Waals surface area (Å²) in [6.07, 6.45) is 6.40. The molecule has 0 spiro atoms. The number of nitrogens with two attached hydrogens (primary N) is 1. The number of hydrogen-bond acceptors (Lipinski definition) is 6. The molecular weight excluding hydrogens is 471 g/mol. The number of carbonyl (C=O) groups excluding carboxylic acids is 1. The van der Waals surface area contributed by atoms with E-state index in [2.05, 4.69) is 21.8 Å². The first-order valence-electron chi connectivity index (χ1n) is 12.3. The number of nitrogen functional groups attached to an aromatic ring is 1. The summed E-state index contributed by atoms with van der Waals surface area (Å²) in [5, 5.41) is 0. The number of ether oxygens (including phenoxy) is 1. The molecule has 9 heteroatoms. The first-order chi connectivity index (χ1) is 18.0. The van der Waals surface area contributed by atoms with E-state index in [1.54, 1.807) is 40.8 Å². The molecule has 2 N–H and O–H groups in total. The van der Waals surface area contributed by atoms with E-state index in [0.717, 1.165) is 17.6 Å². The highest BCUT2D eigenvalue weighted by Gasteiger charge is 2.31. The number of halogens is 1. The number of benzene rings is 1. The Balaban J connectivity index is 1.33. The van der Waals surface area contributed by atoms with Crippen molar-refractivity contribution in [1.29, 1.82) is 0 Å². The lowest BCUT2D eigenvalue weighted by atomic mass is 10.0. The summed E-state index contributed by atoms with van der Waals surface area (Å²) in [5.74, 6) is 6.43. The van der Waals surface area contributed by atoms with E-state index in [9.17, 15) is 4.79 Å². The summed E-state index contributed by atoms with van der Waals surface area (Å²) in [5.41, 5.74) is 9.18. The van der Waals surface area contributed by atoms with Crippen LogP contribution in [0.2, 0.25) is 0 Å². The highest BCUT2D eigenvalue weighted by Crippen LogP contribution is 2.41. The van der Waals surface area contributed by atoms with Crippen LogP contribution in [0.3, 0.4) is 0 Å². The minimum absolute atomic E-state index is 0.0244. The molecule has 2 aliphatic rings. The van der Waals surface area contributed by atoms with Gasteiger partial charge in [-0.3, -0.25) is 9.20 Å². The lowest BCUT2D eigenvalue weighted by Crippen LogP contribution is -2.26. The van der Waals surface area contributed by atoms with E-state index in [1.807, 2.05) is 18.2 Å². The lowest BCUT2D eigenvalue weighted by molar-refractivity contribution is -0.124. The van der Waals surface area contributed by atoms with Gasteiger partial charge in [0.05, 0.1) is 16.8 Å². The number of pyridine rings is 1. The zero-order valence-electron chi connectivity index (χ0n) is 20.3. The van der Waals surface area contributed by atoms with Crippen molar-refractivity contribution >= 4 is 17.4 Å². The second-order valence-corrected chi connectivity index (χ2v) is 9.40. The molecule has 1 unspecified atom stereocenters. The number of aromatic nitrogens is 4. The summed E-state index contributed by atoms with van der Waals surface area (Å²) in [7, 11) is 0. The quantitative estimate of drug-likeness (QED) is 0.408. The molecular formula is C28H25FN6O2. The third-order valence-corrected chi connectivity index (χ3v) is 6.92. The molecule has 6 rings (SSSR count). The SMILES string of the molecule is CC#CC(=O)N1CCC(c2nc(-c3ccc(Oc4cc(C5CC5)ccn4)cc3F)n3c(N)nccc23)C1. The van der Waals surface area contributed by atoms with Crippen molar-refractivity contribution in [3.63, 3.8) is 0 Å². The number of rotatable bonds is 5. The molecule has 4 heterocycles. The summed E-state index contributed by atoms with van der Waals surface area (Å²) in [4.78, 5) is 27.3. The van der Waals surface area contributed by atoms with Crippen LogP contribution < -0.4 is 10.5 Å². The minimum Gasteiger partial charge on any atom is -0.439 e. The van der Waals surface area contributed by atoms with Gasteiger partial charge in [-0.25, -0.2) is 19.3 Å². The van der Waals surface area contributed by atoms with Gasteiger partial charge >= 0.3 is 0 Å². The third kappa shape index (κ3) is 4.35. The van der Waals surface area contributed by atoms with Crippen molar-refractivity contribution in [1.82, 2.24) is 24.3 Å². The lowest BCUT2D eigenvalue weighted by Gasteiger charge is -2.12. The molecule has 0 bridgehead atoms. The van der Waals surface area contributed by atoms with E-state index in [4.69, 9.17) is 15.5 Å². The van der Waals surface area contributed by atoms with E-state index in [1.165, 1.54) is 24.5 Å². The molecule has 1 amide bonds. The maximum atomic E-state index is 15.5. The number of amides is 1. The molecule has 1 saturated carbocycles. The highest BCUT2D eigenvalue weighted by molar-refractivity contribution is 5.93. The van der Waals surface area contributed by atoms with Gasteiger partial charge < -0.3 is 15.4 Å². The van der Waals surface area contributed by atoms with Gasteiger partial charge in [-0.2, -0.15) is 0 Å². The van der Waals surface area contributed by atoms with Gasteiger partial charge in [0.15, 0.2) is 5.82 Å². The number of nitrogens with zero attached hydrogens (tertiary/aromatic N) is 5. The van der Waals surface area contributed by atoms with Crippen LogP contribution in [0.5, 0.6) is 11.6 Å². The fourth-order valence-electron chi connectivity index (χ4n) is 4.93. The van der Waals surface area contributed by atoms with Crippen LogP contribution in [0.15, 0.2) is 48.8 Å². The Bertz CT molecular complexity index is 1580. The molecule has 1 aromatic carbocycles. The summed E-state index contributed by atoms with van der Waals surface area (Å²) in [6.45, 7) is 2.72. The Labute approximate surface area is 213 Å². The predicted molar refractivity (Wildman–Crippen MR) is 136 cm³/mol. The van der Waals surface area contributed by atoms with Gasteiger partial charge in [-0.1, -0.05) is 5.92 Å². The van der Waals surface area contributed by atoms with Crippen LogP contribution in [0.4, 0.5) is 10.3 Å². The Morgan fingerprint density at radius 2 is 1.95 bits per heavy atom. The van der Waals surface area contributed by atoms with Crippen molar-refractivity contribution in [2.45, 2.75) is 38.0 Å². The third-order valence-electron chi connectivity index (χ3n) is 6.92. The predicted octanol–water partition coefficient (Wildman–Crippen LogP) is 4.52. The first kappa shape index (κ1) is 23.0. The maximum Gasteiger partial charge on any atom is 0.298 e.